The van der Waals surface area contributed by atoms with Gasteiger partial charge in [0.25, 0.3) is 0 Å². The molecule has 0 atom stereocenters. The van der Waals surface area contributed by atoms with Gasteiger partial charge in [0, 0.05) is 18.0 Å². The molecule has 86 valence electrons. The van der Waals surface area contributed by atoms with E-state index in [1.54, 1.807) is 12.4 Å². The van der Waals surface area contributed by atoms with Crippen molar-refractivity contribution in [1.29, 1.82) is 0 Å². The Bertz CT molecular complexity index is 497. The zero-order valence-corrected chi connectivity index (χ0v) is 9.81. The maximum Gasteiger partial charge on any atom is 0.126 e. The van der Waals surface area contributed by atoms with Crippen LogP contribution in [0, 0.1) is 0 Å². The molecule has 0 fully saturated rings. The van der Waals surface area contributed by atoms with Gasteiger partial charge in [-0.05, 0) is 24.3 Å². The summed E-state index contributed by atoms with van der Waals surface area (Å²) in [7, 11) is 0. The van der Waals surface area contributed by atoms with E-state index in [2.05, 4.69) is 20.5 Å². The molecule has 0 radical (unpaired) electrons. The van der Waals surface area contributed by atoms with Crippen molar-refractivity contribution in [3.63, 3.8) is 0 Å². The molecule has 0 bridgehead atoms. The second-order valence-electron chi connectivity index (χ2n) is 3.36. The lowest BCUT2D eigenvalue weighted by Gasteiger charge is -2.05. The van der Waals surface area contributed by atoms with Gasteiger partial charge < -0.3 is 11.1 Å². The molecule has 3 N–H and O–H groups in total. The van der Waals surface area contributed by atoms with Crippen molar-refractivity contribution in [2.24, 2.45) is 5.73 Å². The molecule has 5 nitrogen and oxygen atoms in total. The van der Waals surface area contributed by atoms with Crippen LogP contribution in [0.5, 0.6) is 0 Å². The Morgan fingerprint density at radius 2 is 2.24 bits per heavy atom. The van der Waals surface area contributed by atoms with Gasteiger partial charge in [0.1, 0.15) is 10.8 Å². The van der Waals surface area contributed by atoms with Crippen LogP contribution in [-0.4, -0.2) is 20.2 Å². The lowest BCUT2D eigenvalue weighted by atomic mass is 10.3. The van der Waals surface area contributed by atoms with Crippen molar-refractivity contribution in [3.05, 3.63) is 47.9 Å². The van der Waals surface area contributed by atoms with Crippen LogP contribution in [0.3, 0.4) is 0 Å². The summed E-state index contributed by atoms with van der Waals surface area (Å²) in [6, 6.07) is 7.38. The number of nitrogens with one attached hydrogen (secondary N) is 1. The van der Waals surface area contributed by atoms with Gasteiger partial charge in [0.05, 0.1) is 12.2 Å². The highest BCUT2D eigenvalue weighted by atomic mass is 32.1. The minimum Gasteiger partial charge on any atom is -0.389 e. The van der Waals surface area contributed by atoms with Gasteiger partial charge in [-0.3, -0.25) is 0 Å². The van der Waals surface area contributed by atoms with Crippen LogP contribution in [0.2, 0.25) is 0 Å². The third-order valence-corrected chi connectivity index (χ3v) is 2.36. The first-order valence-corrected chi connectivity index (χ1v) is 5.43. The first-order valence-electron chi connectivity index (χ1n) is 5.02. The molecule has 0 unspecified atom stereocenters. The molecule has 0 aromatic carbocycles. The van der Waals surface area contributed by atoms with Crippen LogP contribution in [0.4, 0.5) is 5.82 Å². The zero-order valence-electron chi connectivity index (χ0n) is 9.00. The highest BCUT2D eigenvalue weighted by Crippen LogP contribution is 2.06. The van der Waals surface area contributed by atoms with Gasteiger partial charge in [-0.1, -0.05) is 12.2 Å². The number of nitrogens with two attached hydrogens (primary N) is 1. The standard InChI is InChI=1S/C11H11N5S/c12-11(17)8-3-4-10(13-6-8)14-7-9-2-1-5-15-16-9/h1-6H,7H2,(H2,12,17)(H,13,14). The Balaban J connectivity index is 1.98. The fourth-order valence-corrected chi connectivity index (χ4v) is 1.37. The number of pyridine rings is 1. The molecule has 0 spiro atoms. The molecule has 17 heavy (non-hydrogen) atoms. The van der Waals surface area contributed by atoms with E-state index in [1.165, 1.54) is 0 Å². The predicted molar refractivity (Wildman–Crippen MR) is 69.5 cm³/mol. The second kappa shape index (κ2) is 5.31. The fraction of sp³-hybridized carbons (Fsp3) is 0.0909. The Hall–Kier alpha value is -2.08. The Morgan fingerprint density at radius 3 is 2.82 bits per heavy atom. The Kier molecular flexibility index (Phi) is 3.56. The van der Waals surface area contributed by atoms with E-state index in [1.807, 2.05) is 24.3 Å². The quantitative estimate of drug-likeness (QED) is 0.786. The second-order valence-corrected chi connectivity index (χ2v) is 3.80. The van der Waals surface area contributed by atoms with Gasteiger partial charge in [-0.15, -0.1) is 0 Å². The predicted octanol–water partition coefficient (Wildman–Crippen LogP) is 1.12. The summed E-state index contributed by atoms with van der Waals surface area (Å²) in [4.78, 5) is 4.53. The van der Waals surface area contributed by atoms with E-state index in [-0.39, 0.29) is 0 Å². The van der Waals surface area contributed by atoms with Gasteiger partial charge >= 0.3 is 0 Å². The number of nitrogens with zero attached hydrogens (tertiary/aromatic N) is 3. The van der Waals surface area contributed by atoms with Crippen LogP contribution in [0.25, 0.3) is 0 Å². The molecule has 0 aliphatic rings. The Labute approximate surface area is 104 Å². The average molecular weight is 245 g/mol. The topological polar surface area (TPSA) is 76.7 Å². The Morgan fingerprint density at radius 1 is 1.35 bits per heavy atom. The largest absolute Gasteiger partial charge is 0.389 e. The number of rotatable bonds is 4. The molecule has 2 aromatic rings. The highest BCUT2D eigenvalue weighted by molar-refractivity contribution is 7.80. The van der Waals surface area contributed by atoms with E-state index < -0.39 is 0 Å². The molecule has 6 heteroatoms. The van der Waals surface area contributed by atoms with Crippen molar-refractivity contribution in [2.75, 3.05) is 5.32 Å². The SMILES string of the molecule is NC(=S)c1ccc(NCc2cccnn2)nc1. The lowest BCUT2D eigenvalue weighted by Crippen LogP contribution is -2.10. The van der Waals surface area contributed by atoms with Gasteiger partial charge in [0.15, 0.2) is 0 Å². The van der Waals surface area contributed by atoms with Crippen LogP contribution >= 0.6 is 12.2 Å². The minimum absolute atomic E-state index is 0.345. The summed E-state index contributed by atoms with van der Waals surface area (Å²) in [5.74, 6) is 0.746. The number of hydrogen-bond donors (Lipinski definition) is 2. The van der Waals surface area contributed by atoms with Gasteiger partial charge in [-0.25, -0.2) is 4.98 Å². The maximum absolute atomic E-state index is 5.48. The van der Waals surface area contributed by atoms with Crippen molar-refractivity contribution in [3.8, 4) is 0 Å². The number of aromatic nitrogens is 3. The van der Waals surface area contributed by atoms with E-state index in [0.717, 1.165) is 17.1 Å². The number of thiocarbonyl (C=S) groups is 1. The molecule has 2 heterocycles. The van der Waals surface area contributed by atoms with E-state index >= 15 is 0 Å². The summed E-state index contributed by atoms with van der Waals surface area (Å²) >= 11 is 4.85. The van der Waals surface area contributed by atoms with Crippen molar-refractivity contribution >= 4 is 23.0 Å². The van der Waals surface area contributed by atoms with Crippen molar-refractivity contribution in [1.82, 2.24) is 15.2 Å². The lowest BCUT2D eigenvalue weighted by molar-refractivity contribution is 0.920. The minimum atomic E-state index is 0.345. The van der Waals surface area contributed by atoms with Crippen molar-refractivity contribution < 1.29 is 0 Å². The zero-order chi connectivity index (χ0) is 12.1. The van der Waals surface area contributed by atoms with Crippen LogP contribution < -0.4 is 11.1 Å². The number of anilines is 1. The maximum atomic E-state index is 5.48. The molecular formula is C11H11N5S. The molecule has 0 aliphatic heterocycles. The fourth-order valence-electron chi connectivity index (χ4n) is 1.25. The smallest absolute Gasteiger partial charge is 0.126 e. The summed E-state index contributed by atoms with van der Waals surface area (Å²) in [6.45, 7) is 0.577. The van der Waals surface area contributed by atoms with E-state index in [0.29, 0.717) is 11.5 Å². The normalized spacial score (nSPS) is 9.88. The summed E-state index contributed by atoms with van der Waals surface area (Å²) in [6.07, 6.45) is 3.28. The molecule has 0 saturated heterocycles. The van der Waals surface area contributed by atoms with Crippen LogP contribution in [0.15, 0.2) is 36.7 Å². The monoisotopic (exact) mass is 245 g/mol. The van der Waals surface area contributed by atoms with Crippen LogP contribution in [0.1, 0.15) is 11.3 Å². The molecule has 2 aromatic heterocycles. The van der Waals surface area contributed by atoms with Gasteiger partial charge in [0.2, 0.25) is 0 Å². The number of hydrogen-bond acceptors (Lipinski definition) is 5. The summed E-state index contributed by atoms with van der Waals surface area (Å²) in [5.41, 5.74) is 7.09. The first-order chi connectivity index (χ1) is 8.25. The summed E-state index contributed by atoms with van der Waals surface area (Å²) in [5, 5.41) is 10.9. The van der Waals surface area contributed by atoms with Crippen LogP contribution in [-0.2, 0) is 6.54 Å². The molecular weight excluding hydrogens is 234 g/mol. The molecule has 0 aliphatic carbocycles. The third kappa shape index (κ3) is 3.18. The summed E-state index contributed by atoms with van der Waals surface area (Å²) < 4.78 is 0. The molecule has 2 rings (SSSR count). The average Bonchev–Trinajstić information content (AvgIpc) is 2.38. The highest BCUT2D eigenvalue weighted by Gasteiger charge is 1.98. The molecule has 0 saturated carbocycles. The van der Waals surface area contributed by atoms with E-state index in [4.69, 9.17) is 18.0 Å². The first kappa shape index (κ1) is 11.4. The van der Waals surface area contributed by atoms with Crippen molar-refractivity contribution in [2.45, 2.75) is 6.54 Å². The third-order valence-electron chi connectivity index (χ3n) is 2.13. The van der Waals surface area contributed by atoms with Gasteiger partial charge in [-0.2, -0.15) is 10.2 Å². The molecule has 0 amide bonds. The van der Waals surface area contributed by atoms with E-state index in [9.17, 15) is 0 Å².